The lowest BCUT2D eigenvalue weighted by Gasteiger charge is -2.29. The summed E-state index contributed by atoms with van der Waals surface area (Å²) in [5.41, 5.74) is -0.684. The van der Waals surface area contributed by atoms with Crippen molar-refractivity contribution in [1.82, 2.24) is 15.5 Å². The highest BCUT2D eigenvalue weighted by Gasteiger charge is 2.26. The second kappa shape index (κ2) is 12.2. The fourth-order valence-electron chi connectivity index (χ4n) is 2.77. The zero-order valence-corrected chi connectivity index (χ0v) is 19.0. The molecule has 0 radical (unpaired) electrons. The topological polar surface area (TPSA) is 126 Å². The average Bonchev–Trinajstić information content (AvgIpc) is 2.99. The van der Waals surface area contributed by atoms with Gasteiger partial charge in [-0.3, -0.25) is 24.1 Å². The van der Waals surface area contributed by atoms with Gasteiger partial charge in [0.2, 0.25) is 11.8 Å². The fraction of sp³-hybridized carbons (Fsp3) is 0.667. The molecule has 0 fully saturated rings. The van der Waals surface area contributed by atoms with Gasteiger partial charge in [-0.15, -0.1) is 0 Å². The molecule has 1 aliphatic rings. The van der Waals surface area contributed by atoms with E-state index in [1.165, 1.54) is 25.5 Å². The van der Waals surface area contributed by atoms with Crippen molar-refractivity contribution in [2.75, 3.05) is 40.0 Å². The number of amides is 4. The number of imide groups is 1. The number of rotatable bonds is 14. The molecular formula is C21H34N4O6. The highest BCUT2D eigenvalue weighted by Crippen LogP contribution is 2.22. The van der Waals surface area contributed by atoms with E-state index in [1.54, 1.807) is 0 Å². The molecule has 0 saturated heterocycles. The van der Waals surface area contributed by atoms with Gasteiger partial charge in [-0.25, -0.2) is 0 Å². The lowest BCUT2D eigenvalue weighted by Crippen LogP contribution is -2.40. The molecule has 0 spiro atoms. The first-order chi connectivity index (χ1) is 14.5. The van der Waals surface area contributed by atoms with Crippen LogP contribution in [0.5, 0.6) is 0 Å². The summed E-state index contributed by atoms with van der Waals surface area (Å²) in [4.78, 5) is 52.6. The number of nitrogens with zero attached hydrogens (tertiary/aromatic N) is 2. The van der Waals surface area contributed by atoms with Crippen LogP contribution < -0.4 is 10.6 Å². The quantitative estimate of drug-likeness (QED) is 0.233. The molecule has 0 bridgehead atoms. The monoisotopic (exact) mass is 438 g/mol. The molecule has 31 heavy (non-hydrogen) atoms. The molecule has 0 atom stereocenters. The molecule has 0 unspecified atom stereocenters. The van der Waals surface area contributed by atoms with Gasteiger partial charge in [0, 0.05) is 43.5 Å². The third-order valence-electron chi connectivity index (χ3n) is 4.42. The van der Waals surface area contributed by atoms with Crippen LogP contribution in [0.25, 0.3) is 0 Å². The van der Waals surface area contributed by atoms with Crippen molar-refractivity contribution in [3.63, 3.8) is 0 Å². The molecule has 10 heteroatoms. The van der Waals surface area contributed by atoms with Crippen LogP contribution >= 0.6 is 0 Å². The van der Waals surface area contributed by atoms with Crippen LogP contribution in [0.2, 0.25) is 0 Å². The fourth-order valence-corrected chi connectivity index (χ4v) is 2.77. The Hall–Kier alpha value is -2.75. The van der Waals surface area contributed by atoms with Crippen molar-refractivity contribution in [3.05, 3.63) is 12.2 Å². The highest BCUT2D eigenvalue weighted by atomic mass is 16.6. The minimum Gasteiger partial charge on any atom is -0.399 e. The minimum atomic E-state index is -0.397. The van der Waals surface area contributed by atoms with Crippen LogP contribution in [0.3, 0.4) is 0 Å². The largest absolute Gasteiger partial charge is 0.399 e. The van der Waals surface area contributed by atoms with Gasteiger partial charge >= 0.3 is 0 Å². The van der Waals surface area contributed by atoms with E-state index >= 15 is 0 Å². The Labute approximate surface area is 183 Å². The van der Waals surface area contributed by atoms with Crippen LogP contribution in [-0.4, -0.2) is 74.7 Å². The van der Waals surface area contributed by atoms with E-state index in [0.717, 1.165) is 4.90 Å². The summed E-state index contributed by atoms with van der Waals surface area (Å²) in [6.07, 6.45) is 4.21. The van der Waals surface area contributed by atoms with Crippen LogP contribution in [-0.2, 0) is 28.8 Å². The van der Waals surface area contributed by atoms with Gasteiger partial charge in [0.25, 0.3) is 11.8 Å². The Morgan fingerprint density at radius 1 is 1.03 bits per heavy atom. The lowest BCUT2D eigenvalue weighted by molar-refractivity contribution is -0.137. The smallest absolute Gasteiger partial charge is 0.253 e. The summed E-state index contributed by atoms with van der Waals surface area (Å²) in [6, 6.07) is 0. The summed E-state index contributed by atoms with van der Waals surface area (Å²) in [5.74, 6) is -1.14. The van der Waals surface area contributed by atoms with Crippen LogP contribution in [0.4, 0.5) is 0 Å². The SMILES string of the molecule is CON=CCNC(=O)CC(C)(C)COCC(C)(C)CNC(=O)CCN1C(=O)C=CC1=O. The molecule has 0 saturated carbocycles. The maximum atomic E-state index is 12.1. The van der Waals surface area contributed by atoms with Gasteiger partial charge in [0.15, 0.2) is 0 Å². The number of hydrogen-bond donors (Lipinski definition) is 2. The Balaban J connectivity index is 2.28. The number of oxime groups is 1. The van der Waals surface area contributed by atoms with Crippen LogP contribution in [0.1, 0.15) is 40.5 Å². The maximum absolute atomic E-state index is 12.1. The third-order valence-corrected chi connectivity index (χ3v) is 4.42. The van der Waals surface area contributed by atoms with Crippen molar-refractivity contribution in [3.8, 4) is 0 Å². The maximum Gasteiger partial charge on any atom is 0.253 e. The summed E-state index contributed by atoms with van der Waals surface area (Å²) in [6.45, 7) is 9.32. The Morgan fingerprint density at radius 3 is 2.26 bits per heavy atom. The minimum absolute atomic E-state index is 0.0489. The first-order valence-electron chi connectivity index (χ1n) is 10.2. The van der Waals surface area contributed by atoms with Crippen molar-refractivity contribution < 1.29 is 28.8 Å². The van der Waals surface area contributed by atoms with E-state index in [2.05, 4.69) is 20.6 Å². The molecule has 4 amide bonds. The number of carbonyl (C=O) groups excluding carboxylic acids is 4. The van der Waals surface area contributed by atoms with Gasteiger partial charge in [-0.2, -0.15) is 0 Å². The lowest BCUT2D eigenvalue weighted by atomic mass is 9.89. The molecule has 0 aromatic rings. The van der Waals surface area contributed by atoms with Crippen molar-refractivity contribution in [2.45, 2.75) is 40.5 Å². The number of hydrogen-bond acceptors (Lipinski definition) is 7. The molecule has 0 aliphatic carbocycles. The van der Waals surface area contributed by atoms with Gasteiger partial charge in [0.05, 0.1) is 26.0 Å². The number of nitrogens with one attached hydrogen (secondary N) is 2. The Bertz CT molecular complexity index is 697. The van der Waals surface area contributed by atoms with Crippen LogP contribution in [0, 0.1) is 10.8 Å². The first-order valence-corrected chi connectivity index (χ1v) is 10.2. The molecular weight excluding hydrogens is 404 g/mol. The molecule has 1 aliphatic heterocycles. The highest BCUT2D eigenvalue weighted by molar-refractivity contribution is 6.13. The molecule has 1 heterocycles. The summed E-state index contributed by atoms with van der Waals surface area (Å²) >= 11 is 0. The molecule has 1 rings (SSSR count). The number of carbonyl (C=O) groups is 4. The van der Waals surface area contributed by atoms with Crippen molar-refractivity contribution >= 4 is 29.8 Å². The predicted octanol–water partition coefficient (Wildman–Crippen LogP) is 0.625. The van der Waals surface area contributed by atoms with Crippen molar-refractivity contribution in [1.29, 1.82) is 0 Å². The van der Waals surface area contributed by atoms with Crippen molar-refractivity contribution in [2.24, 2.45) is 16.0 Å². The molecule has 2 N–H and O–H groups in total. The normalized spacial score (nSPS) is 14.4. The molecule has 10 nitrogen and oxygen atoms in total. The number of ether oxygens (including phenoxy) is 1. The summed E-state index contributed by atoms with van der Waals surface area (Å²) < 4.78 is 5.83. The van der Waals surface area contributed by atoms with E-state index in [0.29, 0.717) is 32.7 Å². The van der Waals surface area contributed by atoms with E-state index in [-0.39, 0.29) is 35.6 Å². The van der Waals surface area contributed by atoms with E-state index in [1.807, 2.05) is 27.7 Å². The third kappa shape index (κ3) is 10.7. The first kappa shape index (κ1) is 26.3. The molecule has 0 aromatic carbocycles. The second-order valence-corrected chi connectivity index (χ2v) is 8.96. The molecule has 174 valence electrons. The standard InChI is InChI=1S/C21H34N4O6/c1-20(2,12-17(27)22-9-10-24-30-5)14-31-15-21(3,4)13-23-16(26)8-11-25-18(28)6-7-19(25)29/h6-7,10H,8-9,11-15H2,1-5H3,(H,22,27)(H,23,26). The Morgan fingerprint density at radius 2 is 1.65 bits per heavy atom. The van der Waals surface area contributed by atoms with Gasteiger partial charge in [0.1, 0.15) is 7.11 Å². The second-order valence-electron chi connectivity index (χ2n) is 8.96. The van der Waals surface area contributed by atoms with E-state index < -0.39 is 11.8 Å². The van der Waals surface area contributed by atoms with Gasteiger partial charge in [-0.05, 0) is 5.41 Å². The van der Waals surface area contributed by atoms with Gasteiger partial charge < -0.3 is 20.2 Å². The molecule has 0 aromatic heterocycles. The van der Waals surface area contributed by atoms with E-state index in [9.17, 15) is 19.2 Å². The zero-order valence-electron chi connectivity index (χ0n) is 19.0. The van der Waals surface area contributed by atoms with Crippen LogP contribution in [0.15, 0.2) is 17.3 Å². The average molecular weight is 439 g/mol. The zero-order chi connectivity index (χ0) is 23.5. The van der Waals surface area contributed by atoms with E-state index in [4.69, 9.17) is 4.74 Å². The Kier molecular flexibility index (Phi) is 10.3. The summed E-state index contributed by atoms with van der Waals surface area (Å²) in [5, 5.41) is 9.10. The summed E-state index contributed by atoms with van der Waals surface area (Å²) in [7, 11) is 1.43. The van der Waals surface area contributed by atoms with Gasteiger partial charge in [-0.1, -0.05) is 32.9 Å². The predicted molar refractivity (Wildman–Crippen MR) is 115 cm³/mol.